The summed E-state index contributed by atoms with van der Waals surface area (Å²) in [6, 6.07) is 0. The molecule has 21 heavy (non-hydrogen) atoms. The number of nitrogens with zero attached hydrogens (tertiary/aromatic N) is 3. The van der Waals surface area contributed by atoms with Crippen LogP contribution in [0, 0.1) is 20.8 Å². The van der Waals surface area contributed by atoms with Crippen molar-refractivity contribution in [1.82, 2.24) is 14.5 Å². The van der Waals surface area contributed by atoms with E-state index < -0.39 is 11.7 Å². The summed E-state index contributed by atoms with van der Waals surface area (Å²) >= 11 is 1.42. The highest BCUT2D eigenvalue weighted by Gasteiger charge is 2.18. The van der Waals surface area contributed by atoms with Crippen molar-refractivity contribution < 1.29 is 9.90 Å². The lowest BCUT2D eigenvalue weighted by molar-refractivity contribution is -0.136. The summed E-state index contributed by atoms with van der Waals surface area (Å²) < 4.78 is 1.40. The summed E-state index contributed by atoms with van der Waals surface area (Å²) in [5, 5.41) is 9.55. The number of hydrogen-bond donors (Lipinski definition) is 1. The second-order valence-electron chi connectivity index (χ2n) is 4.80. The number of aromatic nitrogens is 3. The van der Waals surface area contributed by atoms with Crippen LogP contribution in [0.1, 0.15) is 34.4 Å². The van der Waals surface area contributed by atoms with Crippen molar-refractivity contribution in [3.05, 3.63) is 38.0 Å². The molecule has 0 aliphatic rings. The molecule has 0 saturated carbocycles. The van der Waals surface area contributed by atoms with Gasteiger partial charge < -0.3 is 5.11 Å². The first-order valence-corrected chi connectivity index (χ1v) is 7.44. The van der Waals surface area contributed by atoms with Gasteiger partial charge in [0, 0.05) is 21.8 Å². The largest absolute Gasteiger partial charge is 0.481 e. The zero-order chi connectivity index (χ0) is 15.7. The Kier molecular flexibility index (Phi) is 4.22. The summed E-state index contributed by atoms with van der Waals surface area (Å²) in [4.78, 5) is 32.6. The fourth-order valence-corrected chi connectivity index (χ4v) is 3.31. The van der Waals surface area contributed by atoms with Gasteiger partial charge in [-0.15, -0.1) is 11.3 Å². The molecule has 0 aromatic carbocycles. The number of aryl methyl sites for hydroxylation is 3. The zero-order valence-corrected chi connectivity index (χ0v) is 13.2. The number of aliphatic carboxylic acids is 1. The second-order valence-corrected chi connectivity index (χ2v) is 5.98. The van der Waals surface area contributed by atoms with E-state index in [2.05, 4.69) is 9.97 Å². The molecule has 0 unspecified atom stereocenters. The molecule has 6 nitrogen and oxygen atoms in total. The summed E-state index contributed by atoms with van der Waals surface area (Å²) in [5.41, 5.74) is 2.14. The van der Waals surface area contributed by atoms with E-state index >= 15 is 0 Å². The topological polar surface area (TPSA) is 85.1 Å². The molecule has 0 aliphatic carbocycles. The Morgan fingerprint density at radius 2 is 1.95 bits per heavy atom. The molecule has 1 N–H and O–H groups in total. The van der Waals surface area contributed by atoms with Crippen molar-refractivity contribution >= 4 is 17.3 Å². The molecule has 2 aromatic rings. The fourth-order valence-electron chi connectivity index (χ4n) is 2.27. The van der Waals surface area contributed by atoms with Gasteiger partial charge in [-0.3, -0.25) is 4.79 Å². The highest BCUT2D eigenvalue weighted by molar-refractivity contribution is 7.14. The van der Waals surface area contributed by atoms with E-state index in [9.17, 15) is 9.59 Å². The summed E-state index contributed by atoms with van der Waals surface area (Å²) in [5.74, 6) is -0.947. The molecule has 0 amide bonds. The van der Waals surface area contributed by atoms with E-state index in [4.69, 9.17) is 5.11 Å². The lowest BCUT2D eigenvalue weighted by atomic mass is 10.1. The van der Waals surface area contributed by atoms with Crippen LogP contribution >= 0.6 is 11.3 Å². The van der Waals surface area contributed by atoms with Crippen molar-refractivity contribution in [2.24, 2.45) is 0 Å². The van der Waals surface area contributed by atoms with Crippen molar-refractivity contribution in [2.45, 2.75) is 40.5 Å². The van der Waals surface area contributed by atoms with Crippen molar-refractivity contribution in [3.8, 4) is 5.13 Å². The van der Waals surface area contributed by atoms with E-state index in [1.165, 1.54) is 15.9 Å². The number of rotatable bonds is 4. The van der Waals surface area contributed by atoms with Crippen LogP contribution in [0.25, 0.3) is 5.13 Å². The number of carbonyl (C=O) groups is 1. The molecule has 7 heteroatoms. The van der Waals surface area contributed by atoms with Gasteiger partial charge in [-0.1, -0.05) is 6.92 Å². The van der Waals surface area contributed by atoms with Crippen LogP contribution in [0.15, 0.2) is 4.79 Å². The molecular weight excluding hydrogens is 290 g/mol. The van der Waals surface area contributed by atoms with Gasteiger partial charge in [0.25, 0.3) is 0 Å². The molecule has 0 aliphatic heterocycles. The van der Waals surface area contributed by atoms with Crippen LogP contribution in [0.5, 0.6) is 0 Å². The van der Waals surface area contributed by atoms with Gasteiger partial charge in [0.05, 0.1) is 12.1 Å². The van der Waals surface area contributed by atoms with Gasteiger partial charge >= 0.3 is 11.7 Å². The first-order valence-electron chi connectivity index (χ1n) is 6.62. The molecular formula is C14H17N3O3S. The first-order chi connectivity index (χ1) is 9.85. The van der Waals surface area contributed by atoms with Crippen LogP contribution < -0.4 is 5.69 Å². The number of hydrogen-bond acceptors (Lipinski definition) is 5. The maximum absolute atomic E-state index is 12.2. The summed E-state index contributed by atoms with van der Waals surface area (Å²) in [6.45, 7) is 7.35. The van der Waals surface area contributed by atoms with Gasteiger partial charge in [-0.2, -0.15) is 4.98 Å². The van der Waals surface area contributed by atoms with Gasteiger partial charge in [-0.05, 0) is 27.2 Å². The molecule has 0 saturated heterocycles. The Morgan fingerprint density at radius 1 is 1.29 bits per heavy atom. The standard InChI is InChI=1S/C14H17N3O3S/c1-5-11-9(4)21-14(16-11)17-8(3)10(6-12(18)19)7(2)15-13(17)20/h5-6H2,1-4H3,(H,18,19). The van der Waals surface area contributed by atoms with E-state index in [1.54, 1.807) is 13.8 Å². The van der Waals surface area contributed by atoms with Crippen molar-refractivity contribution in [1.29, 1.82) is 0 Å². The Hall–Kier alpha value is -2.02. The van der Waals surface area contributed by atoms with Crippen LogP contribution in [-0.2, 0) is 17.6 Å². The third-order valence-corrected chi connectivity index (χ3v) is 4.40. The Labute approximate surface area is 126 Å². The predicted octanol–water partition coefficient (Wildman–Crippen LogP) is 1.80. The smallest absolute Gasteiger partial charge is 0.354 e. The fraction of sp³-hybridized carbons (Fsp3) is 0.429. The van der Waals surface area contributed by atoms with Gasteiger partial charge in [0.2, 0.25) is 0 Å². The van der Waals surface area contributed by atoms with Gasteiger partial charge in [0.1, 0.15) is 0 Å². The first kappa shape index (κ1) is 15.4. The number of thiazole rings is 1. The average Bonchev–Trinajstić information content (AvgIpc) is 2.75. The molecule has 0 atom stereocenters. The third kappa shape index (κ3) is 2.87. The summed E-state index contributed by atoms with van der Waals surface area (Å²) in [7, 11) is 0. The number of carboxylic acid groups (broad SMARTS) is 1. The van der Waals surface area contributed by atoms with Crippen LogP contribution in [-0.4, -0.2) is 25.6 Å². The lowest BCUT2D eigenvalue weighted by Crippen LogP contribution is -2.27. The minimum atomic E-state index is -0.947. The number of carboxylic acids is 1. The maximum atomic E-state index is 12.2. The Balaban J connectivity index is 2.67. The molecule has 2 rings (SSSR count). The molecule has 0 spiro atoms. The van der Waals surface area contributed by atoms with E-state index in [1.807, 2.05) is 13.8 Å². The van der Waals surface area contributed by atoms with E-state index in [-0.39, 0.29) is 6.42 Å². The highest BCUT2D eigenvalue weighted by atomic mass is 32.1. The lowest BCUT2D eigenvalue weighted by Gasteiger charge is -2.12. The minimum absolute atomic E-state index is 0.157. The SMILES string of the molecule is CCc1nc(-n2c(C)c(CC(=O)O)c(C)nc2=O)sc1C. The third-order valence-electron chi connectivity index (χ3n) is 3.40. The van der Waals surface area contributed by atoms with E-state index in [0.29, 0.717) is 22.1 Å². The summed E-state index contributed by atoms with van der Waals surface area (Å²) in [6.07, 6.45) is 0.632. The Bertz CT molecular complexity index is 762. The minimum Gasteiger partial charge on any atom is -0.481 e. The maximum Gasteiger partial charge on any atom is 0.354 e. The normalized spacial score (nSPS) is 10.9. The van der Waals surface area contributed by atoms with E-state index in [0.717, 1.165) is 17.0 Å². The van der Waals surface area contributed by atoms with Crippen LogP contribution in [0.4, 0.5) is 0 Å². The monoisotopic (exact) mass is 307 g/mol. The van der Waals surface area contributed by atoms with Gasteiger partial charge in [0.15, 0.2) is 5.13 Å². The molecule has 2 aromatic heterocycles. The van der Waals surface area contributed by atoms with Crippen molar-refractivity contribution in [2.75, 3.05) is 0 Å². The quantitative estimate of drug-likeness (QED) is 0.931. The highest BCUT2D eigenvalue weighted by Crippen LogP contribution is 2.23. The second kappa shape index (κ2) is 5.77. The zero-order valence-electron chi connectivity index (χ0n) is 12.4. The molecule has 112 valence electrons. The average molecular weight is 307 g/mol. The molecule has 0 fully saturated rings. The molecule has 0 bridgehead atoms. The molecule has 0 radical (unpaired) electrons. The van der Waals surface area contributed by atoms with Crippen LogP contribution in [0.3, 0.4) is 0 Å². The van der Waals surface area contributed by atoms with Crippen LogP contribution in [0.2, 0.25) is 0 Å². The predicted molar refractivity (Wildman–Crippen MR) is 80.4 cm³/mol. The van der Waals surface area contributed by atoms with Crippen molar-refractivity contribution in [3.63, 3.8) is 0 Å². The molecule has 2 heterocycles. The van der Waals surface area contributed by atoms with Gasteiger partial charge in [-0.25, -0.2) is 14.3 Å². The Morgan fingerprint density at radius 3 is 2.48 bits per heavy atom.